The average Bonchev–Trinajstić information content (AvgIpc) is 3.15. The van der Waals surface area contributed by atoms with Crippen LogP contribution in [0, 0.1) is 0 Å². The summed E-state index contributed by atoms with van der Waals surface area (Å²) in [4.78, 5) is 35.3. The van der Waals surface area contributed by atoms with Crippen molar-refractivity contribution in [1.29, 1.82) is 0 Å². The van der Waals surface area contributed by atoms with E-state index in [9.17, 15) is 24.2 Å². The fourth-order valence-corrected chi connectivity index (χ4v) is 5.63. The van der Waals surface area contributed by atoms with E-state index in [4.69, 9.17) is 18.5 Å². The molecule has 0 aromatic carbocycles. The van der Waals surface area contributed by atoms with Gasteiger partial charge >= 0.3 is 19.8 Å². The van der Waals surface area contributed by atoms with Gasteiger partial charge in [-0.25, -0.2) is 4.57 Å². The maximum absolute atomic E-state index is 12.6. The number of phosphoric ester groups is 1. The third-order valence-electron chi connectivity index (χ3n) is 8.15. The predicted octanol–water partition coefficient (Wildman–Crippen LogP) is 10.8. The van der Waals surface area contributed by atoms with Crippen molar-refractivity contribution in [2.75, 3.05) is 47.5 Å². The second-order valence-corrected chi connectivity index (χ2v) is 16.3. The van der Waals surface area contributed by atoms with Gasteiger partial charge in [-0.2, -0.15) is 0 Å². The highest BCUT2D eigenvalue weighted by Crippen LogP contribution is 2.43. The normalized spacial score (nSPS) is 15.1. The molecule has 0 aliphatic carbocycles. The highest BCUT2D eigenvalue weighted by molar-refractivity contribution is 7.47. The second-order valence-electron chi connectivity index (χ2n) is 14.8. The van der Waals surface area contributed by atoms with Gasteiger partial charge in [0.15, 0.2) is 6.10 Å². The quantitative estimate of drug-likeness (QED) is 0.0209. The van der Waals surface area contributed by atoms with E-state index in [2.05, 4.69) is 98.9 Å². The summed E-state index contributed by atoms with van der Waals surface area (Å²) in [5.74, 6) is -0.946. The van der Waals surface area contributed by atoms with Crippen LogP contribution in [0.2, 0.25) is 0 Å². The van der Waals surface area contributed by atoms with Crippen LogP contribution in [0.1, 0.15) is 123 Å². The summed E-state index contributed by atoms with van der Waals surface area (Å²) in [6.45, 7) is 3.94. The van der Waals surface area contributed by atoms with Gasteiger partial charge in [-0.05, 0) is 89.9 Å². The molecular weight excluding hydrogens is 741 g/mol. The van der Waals surface area contributed by atoms with E-state index in [1.807, 2.05) is 33.3 Å². The Morgan fingerprint density at radius 2 is 1.12 bits per heavy atom. The van der Waals surface area contributed by atoms with Crippen molar-refractivity contribution in [3.05, 3.63) is 97.2 Å². The first kappa shape index (κ1) is 53.9. The van der Waals surface area contributed by atoms with Gasteiger partial charge in [-0.15, -0.1) is 0 Å². The maximum Gasteiger partial charge on any atom is 0.472 e. The van der Waals surface area contributed by atoms with Crippen LogP contribution in [0.3, 0.4) is 0 Å². The SMILES string of the molecule is CC/C=C\C/C=C\C/C=C\C/C=C\CCCCC(=O)O[C@H](COC(=O)CCC/C=C\C/C=C\C/C=C\C/C=C\CC(O)CCC)COP(=O)(O)OCC[N+](C)(C)C. The lowest BCUT2D eigenvalue weighted by Crippen LogP contribution is -2.37. The van der Waals surface area contributed by atoms with Crippen molar-refractivity contribution in [2.45, 2.75) is 135 Å². The average molecular weight is 819 g/mol. The Labute approximate surface area is 346 Å². The van der Waals surface area contributed by atoms with E-state index in [-0.39, 0.29) is 32.2 Å². The number of allylic oxidation sites excluding steroid dienone is 15. The van der Waals surface area contributed by atoms with Crippen LogP contribution < -0.4 is 0 Å². The number of quaternary nitrogens is 1. The Kier molecular flexibility index (Phi) is 35.2. The zero-order chi connectivity index (χ0) is 42.3. The zero-order valence-corrected chi connectivity index (χ0v) is 36.8. The van der Waals surface area contributed by atoms with Crippen molar-refractivity contribution in [1.82, 2.24) is 0 Å². The minimum Gasteiger partial charge on any atom is -0.462 e. The molecule has 0 aliphatic heterocycles. The molecule has 0 saturated carbocycles. The highest BCUT2D eigenvalue weighted by atomic mass is 31.2. The first-order chi connectivity index (χ1) is 27.4. The standard InChI is InChI=1S/C46H76NO9P/c1-6-8-9-10-11-12-13-14-15-18-22-25-28-31-34-38-46(50)56-44(42-55-57(51,52)54-40-39-47(3,4)5)41-53-45(49)37-33-30-27-24-21-19-16-17-20-23-26-29-32-36-43(48)35-7-2/h8-9,11-12,14-16,19-20,22-25,27,29,32,43-44,48H,6-7,10,13,17-18,21,26,28,30-31,33-42H2,1-5H3/p+1/b9-8-,12-11-,15-14-,19-16-,23-20-,25-22-,27-24-,32-29-/t43?,44-/m1/s1. The Balaban J connectivity index is 4.59. The summed E-state index contributed by atoms with van der Waals surface area (Å²) >= 11 is 0. The molecule has 11 heteroatoms. The maximum atomic E-state index is 12.6. The minimum absolute atomic E-state index is 0.00297. The molecule has 2 unspecified atom stereocenters. The monoisotopic (exact) mass is 819 g/mol. The first-order valence-corrected chi connectivity index (χ1v) is 22.5. The van der Waals surface area contributed by atoms with E-state index in [1.165, 1.54) is 0 Å². The summed E-state index contributed by atoms with van der Waals surface area (Å²) in [5.41, 5.74) is 0. The van der Waals surface area contributed by atoms with Crippen molar-refractivity contribution in [3.63, 3.8) is 0 Å². The Morgan fingerprint density at radius 3 is 1.65 bits per heavy atom. The molecular formula is C46H77NO9P+. The summed E-state index contributed by atoms with van der Waals surface area (Å²) in [6, 6.07) is 0. The van der Waals surface area contributed by atoms with Gasteiger partial charge in [0.2, 0.25) is 0 Å². The minimum atomic E-state index is -4.41. The van der Waals surface area contributed by atoms with Crippen molar-refractivity contribution < 1.29 is 47.2 Å². The third kappa shape index (κ3) is 40.9. The number of carbonyl (C=O) groups excluding carboxylic acids is 2. The summed E-state index contributed by atoms with van der Waals surface area (Å²) in [7, 11) is 1.38. The molecule has 0 aliphatic rings. The summed E-state index contributed by atoms with van der Waals surface area (Å²) < 4.78 is 34.1. The van der Waals surface area contributed by atoms with Crippen LogP contribution in [0.15, 0.2) is 97.2 Å². The lowest BCUT2D eigenvalue weighted by atomic mass is 10.1. The van der Waals surface area contributed by atoms with E-state index in [0.29, 0.717) is 36.7 Å². The Bertz CT molecular complexity index is 1310. The Morgan fingerprint density at radius 1 is 0.632 bits per heavy atom. The molecule has 0 heterocycles. The molecule has 0 aromatic heterocycles. The lowest BCUT2D eigenvalue weighted by Gasteiger charge is -2.24. The number of aliphatic hydroxyl groups is 1. The van der Waals surface area contributed by atoms with Crippen molar-refractivity contribution in [2.24, 2.45) is 0 Å². The Hall–Kier alpha value is -3.11. The molecule has 57 heavy (non-hydrogen) atoms. The van der Waals surface area contributed by atoms with Crippen LogP contribution in [0.25, 0.3) is 0 Å². The van der Waals surface area contributed by atoms with Crippen molar-refractivity contribution >= 4 is 19.8 Å². The molecule has 0 aromatic rings. The number of hydrogen-bond acceptors (Lipinski definition) is 8. The molecule has 0 radical (unpaired) electrons. The molecule has 2 N–H and O–H groups in total. The number of rotatable bonds is 36. The highest BCUT2D eigenvalue weighted by Gasteiger charge is 2.27. The fourth-order valence-electron chi connectivity index (χ4n) is 4.89. The van der Waals surface area contributed by atoms with E-state index >= 15 is 0 Å². The molecule has 0 spiro atoms. The van der Waals surface area contributed by atoms with Gasteiger partial charge in [0.25, 0.3) is 0 Å². The van der Waals surface area contributed by atoms with Gasteiger partial charge in [0, 0.05) is 12.8 Å². The second kappa shape index (κ2) is 37.2. The van der Waals surface area contributed by atoms with Gasteiger partial charge in [0.05, 0.1) is 33.9 Å². The first-order valence-electron chi connectivity index (χ1n) is 21.0. The van der Waals surface area contributed by atoms with Gasteiger partial charge in [0.1, 0.15) is 19.8 Å². The third-order valence-corrected chi connectivity index (χ3v) is 9.14. The topological polar surface area (TPSA) is 129 Å². The predicted molar refractivity (Wildman–Crippen MR) is 234 cm³/mol. The van der Waals surface area contributed by atoms with E-state index < -0.39 is 32.5 Å². The summed E-state index contributed by atoms with van der Waals surface area (Å²) in [5, 5.41) is 9.73. The number of aliphatic hydroxyl groups excluding tert-OH is 1. The van der Waals surface area contributed by atoms with Crippen LogP contribution in [-0.2, 0) is 32.7 Å². The largest absolute Gasteiger partial charge is 0.472 e. The molecule has 0 saturated heterocycles. The molecule has 324 valence electrons. The zero-order valence-electron chi connectivity index (χ0n) is 35.9. The number of unbranched alkanes of at least 4 members (excludes halogenated alkanes) is 3. The van der Waals surface area contributed by atoms with Crippen LogP contribution in [-0.4, -0.2) is 86.1 Å². The number of nitrogens with zero attached hydrogens (tertiary/aromatic N) is 1. The van der Waals surface area contributed by atoms with Crippen LogP contribution in [0.4, 0.5) is 0 Å². The molecule has 0 bridgehead atoms. The number of esters is 2. The van der Waals surface area contributed by atoms with Crippen LogP contribution >= 0.6 is 7.82 Å². The van der Waals surface area contributed by atoms with Gasteiger partial charge in [-0.1, -0.05) is 117 Å². The number of phosphoric acid groups is 1. The smallest absolute Gasteiger partial charge is 0.462 e. The number of likely N-dealkylation sites (N-methyl/N-ethyl adjacent to an activating group) is 1. The molecule has 0 rings (SSSR count). The number of hydrogen-bond donors (Lipinski definition) is 2. The van der Waals surface area contributed by atoms with Gasteiger partial charge < -0.3 is 24.0 Å². The lowest BCUT2D eigenvalue weighted by molar-refractivity contribution is -0.870. The van der Waals surface area contributed by atoms with E-state index in [0.717, 1.165) is 70.6 Å². The fraction of sp³-hybridized carbons (Fsp3) is 0.609. The van der Waals surface area contributed by atoms with E-state index in [1.54, 1.807) is 0 Å². The molecule has 10 nitrogen and oxygen atoms in total. The molecule has 3 atom stereocenters. The van der Waals surface area contributed by atoms with Crippen LogP contribution in [0.5, 0.6) is 0 Å². The molecule has 0 amide bonds. The van der Waals surface area contributed by atoms with Crippen molar-refractivity contribution in [3.8, 4) is 0 Å². The number of ether oxygens (including phenoxy) is 2. The number of carbonyl (C=O) groups is 2. The molecule has 0 fully saturated rings. The van der Waals surface area contributed by atoms with Gasteiger partial charge in [-0.3, -0.25) is 18.6 Å². The summed E-state index contributed by atoms with van der Waals surface area (Å²) in [6.07, 6.45) is 45.3.